The first kappa shape index (κ1) is 94.1. The zero-order valence-electron chi connectivity index (χ0n) is 53.6. The number of carbonyl (C=O) groups is 6. The summed E-state index contributed by atoms with van der Waals surface area (Å²) in [6, 6.07) is -0.771. The van der Waals surface area contributed by atoms with Gasteiger partial charge >= 0.3 is 36.1 Å². The quantitative estimate of drug-likeness (QED) is 0.0248. The molecule has 2 amide bonds. The molecule has 0 spiro atoms. The maximum atomic E-state index is 12.5. The number of amides is 2. The first-order valence-electron chi connectivity index (χ1n) is 29.6. The van der Waals surface area contributed by atoms with Crippen molar-refractivity contribution in [1.29, 1.82) is 0 Å². The van der Waals surface area contributed by atoms with Gasteiger partial charge in [0.15, 0.2) is 0 Å². The fraction of sp³-hybridized carbons (Fsp3) is 0.662. The van der Waals surface area contributed by atoms with Crippen molar-refractivity contribution >= 4 is 139 Å². The second-order valence-electron chi connectivity index (χ2n) is 23.9. The molecule has 7 rings (SSSR count). The van der Waals surface area contributed by atoms with E-state index in [0.29, 0.717) is 48.0 Å². The summed E-state index contributed by atoms with van der Waals surface area (Å²) >= 11 is 26.9. The molecule has 0 aromatic carbocycles. The maximum Gasteiger partial charge on any atom is 0.408 e. The molecule has 4 saturated carbocycles. The number of nitrogens with two attached hydrogens (primary N) is 2. The Morgan fingerprint density at radius 2 is 0.895 bits per heavy atom. The number of aromatic nitrogens is 6. The normalized spacial score (nSPS) is 16.5. The van der Waals surface area contributed by atoms with Crippen molar-refractivity contribution in [3.05, 3.63) is 52.3 Å². The number of carboxylic acid groups (broad SMARTS) is 1. The fourth-order valence-electron chi connectivity index (χ4n) is 9.44. The van der Waals surface area contributed by atoms with E-state index in [1.165, 1.54) is 33.9 Å². The summed E-state index contributed by atoms with van der Waals surface area (Å²) in [6.45, 7) is 14.2. The van der Waals surface area contributed by atoms with Gasteiger partial charge < -0.3 is 61.5 Å². The van der Waals surface area contributed by atoms with Crippen molar-refractivity contribution in [3.8, 4) is 24.2 Å². The number of methoxy groups -OCH3 is 3. The number of rotatable bonds is 10. The van der Waals surface area contributed by atoms with Gasteiger partial charge in [0.1, 0.15) is 50.1 Å². The highest BCUT2D eigenvalue weighted by Gasteiger charge is 2.43. The number of hydrogen-bond donors (Lipinski definition) is 7. The smallest absolute Gasteiger partial charge is 0.408 e. The number of nitrogens with one attached hydrogen (secondary N) is 4. The molecule has 30 heteroatoms. The number of halogens is 6. The van der Waals surface area contributed by atoms with Crippen molar-refractivity contribution in [3.63, 3.8) is 0 Å². The lowest BCUT2D eigenvalue weighted by molar-refractivity contribution is -0.148. The number of terminal acetylenes is 1. The van der Waals surface area contributed by atoms with Gasteiger partial charge in [0.2, 0.25) is 15.9 Å². The molecule has 4 fully saturated rings. The minimum Gasteiger partial charge on any atom is -0.480 e. The Labute approximate surface area is 611 Å². The van der Waals surface area contributed by atoms with Crippen molar-refractivity contribution in [1.82, 2.24) is 40.5 Å². The monoisotopic (exact) mass is 1640 g/mol. The highest BCUT2D eigenvalue weighted by molar-refractivity contribution is 14.1. The van der Waals surface area contributed by atoms with Crippen molar-refractivity contribution < 1.29 is 57.6 Å². The number of alkyl carbamates (subject to hydrolysis) is 2. The summed E-state index contributed by atoms with van der Waals surface area (Å²) in [7, 11) is 4.18. The van der Waals surface area contributed by atoms with Crippen LogP contribution in [-0.4, -0.2) is 138 Å². The molecule has 2 atom stereocenters. The molecule has 0 saturated heterocycles. The molecular weight excluding hydrogens is 1540 g/mol. The van der Waals surface area contributed by atoms with Crippen LogP contribution >= 0.6 is 91.6 Å². The second kappa shape index (κ2) is 45.5. The molecule has 3 heterocycles. The summed E-state index contributed by atoms with van der Waals surface area (Å²) in [5.41, 5.74) is 7.69. The van der Waals surface area contributed by atoms with E-state index in [-0.39, 0.29) is 69.5 Å². The van der Waals surface area contributed by atoms with E-state index in [4.69, 9.17) is 88.3 Å². The predicted molar refractivity (Wildman–Crippen MR) is 394 cm³/mol. The van der Waals surface area contributed by atoms with Crippen LogP contribution in [0, 0.1) is 31.3 Å². The Bertz CT molecular complexity index is 2970. The van der Waals surface area contributed by atoms with Gasteiger partial charge in [-0.25, -0.2) is 39.1 Å². The molecule has 9 N–H and O–H groups in total. The average Bonchev–Trinajstić information content (AvgIpc) is 0.812. The van der Waals surface area contributed by atoms with Crippen molar-refractivity contribution in [2.45, 2.75) is 259 Å². The SMILES string of the molecule is C.C.C.C.C#C[C@H](C)NC(=O)OC(C)(C)C.COC(=O)C1(N)CCCCC1.COC(=O)C1(Nc2nc(Cl)ncc2C#C[C@H](C)NC(=O)OC(C)(C)C)CCCCC1.COC(=O)C1(Nc2nc(Cl)ncc2I)CCCCC1.Clc1ncc(I)c(Cl)n1.NC1(C(=O)O)CCCCC1. The molecule has 0 bridgehead atoms. The number of aliphatic carboxylic acids is 1. The fourth-order valence-corrected chi connectivity index (χ4v) is 10.7. The second-order valence-corrected chi connectivity index (χ2v) is 27.6. The highest BCUT2D eigenvalue weighted by Crippen LogP contribution is 2.36. The first-order chi connectivity index (χ1) is 42.5. The lowest BCUT2D eigenvalue weighted by Gasteiger charge is -2.35. The summed E-state index contributed by atoms with van der Waals surface area (Å²) in [4.78, 5) is 92.9. The molecule has 4 aliphatic rings. The van der Waals surface area contributed by atoms with Crippen LogP contribution in [0.15, 0.2) is 18.6 Å². The molecule has 0 aliphatic heterocycles. The molecular formula is C65H104Cl4I2N12O12. The molecule has 0 radical (unpaired) electrons. The van der Waals surface area contributed by atoms with Crippen LogP contribution in [-0.2, 0) is 42.9 Å². The number of hydrogen-bond acceptors (Lipinski definition) is 21. The number of anilines is 2. The van der Waals surface area contributed by atoms with Crippen LogP contribution in [0.25, 0.3) is 0 Å². The zero-order valence-corrected chi connectivity index (χ0v) is 61.0. The highest BCUT2D eigenvalue weighted by atomic mass is 127. The third-order valence-corrected chi connectivity index (χ3v) is 16.8. The van der Waals surface area contributed by atoms with Gasteiger partial charge in [-0.1, -0.05) is 136 Å². The zero-order chi connectivity index (χ0) is 68.8. The minimum atomic E-state index is -0.905. The molecule has 0 unspecified atom stereocenters. The molecule has 3 aromatic rings. The molecule has 95 heavy (non-hydrogen) atoms. The summed E-state index contributed by atoms with van der Waals surface area (Å²) < 4.78 is 26.5. The Kier molecular flexibility index (Phi) is 45.1. The minimum absolute atomic E-state index is 0. The van der Waals surface area contributed by atoms with Crippen LogP contribution in [0.5, 0.6) is 0 Å². The number of nitrogens with zero attached hydrogens (tertiary/aromatic N) is 6. The van der Waals surface area contributed by atoms with Gasteiger partial charge in [-0.15, -0.1) is 6.42 Å². The van der Waals surface area contributed by atoms with Gasteiger partial charge in [0.25, 0.3) is 0 Å². The van der Waals surface area contributed by atoms with Crippen LogP contribution in [0.1, 0.15) is 219 Å². The van der Waals surface area contributed by atoms with Crippen molar-refractivity contribution in [2.75, 3.05) is 32.0 Å². The number of carbonyl (C=O) groups excluding carboxylic acids is 5. The van der Waals surface area contributed by atoms with Gasteiger partial charge in [0.05, 0.1) is 46.1 Å². The lowest BCUT2D eigenvalue weighted by Crippen LogP contribution is -2.49. The Balaban J connectivity index is -0.00000113. The number of esters is 3. The van der Waals surface area contributed by atoms with E-state index in [9.17, 15) is 28.8 Å². The van der Waals surface area contributed by atoms with Crippen LogP contribution in [0.3, 0.4) is 0 Å². The van der Waals surface area contributed by atoms with Gasteiger partial charge in [-0.05, 0) is 187 Å². The lowest BCUT2D eigenvalue weighted by atomic mass is 9.81. The number of carboxylic acids is 1. The number of ether oxygens (including phenoxy) is 5. The van der Waals surface area contributed by atoms with Gasteiger partial charge in [0, 0.05) is 18.6 Å². The molecule has 538 valence electrons. The van der Waals surface area contributed by atoms with Crippen LogP contribution in [0.2, 0.25) is 21.0 Å². The maximum absolute atomic E-state index is 12.5. The molecule has 4 aliphatic carbocycles. The first-order valence-corrected chi connectivity index (χ1v) is 33.3. The van der Waals surface area contributed by atoms with E-state index in [2.05, 4.69) is 96.3 Å². The van der Waals surface area contributed by atoms with Gasteiger partial charge in [-0.2, -0.15) is 9.97 Å². The third kappa shape index (κ3) is 34.8. The Hall–Kier alpha value is -5.08. The Morgan fingerprint density at radius 1 is 0.547 bits per heavy atom. The summed E-state index contributed by atoms with van der Waals surface area (Å²) in [5, 5.41) is 21.1. The van der Waals surface area contributed by atoms with E-state index in [1.54, 1.807) is 67.8 Å². The van der Waals surface area contributed by atoms with E-state index in [1.807, 2.05) is 22.6 Å². The van der Waals surface area contributed by atoms with E-state index < -0.39 is 57.6 Å². The van der Waals surface area contributed by atoms with Crippen molar-refractivity contribution in [2.24, 2.45) is 11.5 Å². The largest absolute Gasteiger partial charge is 0.480 e. The van der Waals surface area contributed by atoms with Crippen LogP contribution in [0.4, 0.5) is 21.2 Å². The van der Waals surface area contributed by atoms with Gasteiger partial charge in [-0.3, -0.25) is 9.59 Å². The average molecular weight is 1640 g/mol. The summed E-state index contributed by atoms with van der Waals surface area (Å²) in [5.74, 6) is 7.53. The topological polar surface area (TPSA) is 346 Å². The van der Waals surface area contributed by atoms with E-state index in [0.717, 1.165) is 103 Å². The summed E-state index contributed by atoms with van der Waals surface area (Å²) in [6.07, 6.45) is 26.6. The molecule has 3 aromatic heterocycles. The van der Waals surface area contributed by atoms with Crippen LogP contribution < -0.4 is 32.7 Å². The van der Waals surface area contributed by atoms with E-state index >= 15 is 0 Å². The molecule has 24 nitrogen and oxygen atoms in total. The predicted octanol–water partition coefficient (Wildman–Crippen LogP) is 14.7. The third-order valence-electron chi connectivity index (χ3n) is 14.1. The Morgan fingerprint density at radius 3 is 1.25 bits per heavy atom. The standard InChI is InChI=1S/C21H29ClN4O4.C12H15ClIN3O2.C9H15NO2.C8H15NO2.C7H13NO2.C4HCl2IN2.4CH4/c1-14(24-19(28)30-20(2,3)4)9-10-15-13-23-18(22)25-16(15)26-21(17(27)29-5)11-7-6-8-12-21;1-19-10(18)12(5-3-2-4-6-12)17-9-8(14)7-15-11(13)16-9;1-6-7(2)10-8(11)12-9(3,4)5;1-11-7(10)8(9)5-3-2-4-6-8;8-7(6(9)10)4-2-1-3-5-7;5-3-2(7)1-8-4(6)9-3;;;;/h13-14H,6-8,11-12H2,1-5H3,(H,24,28)(H,23,25,26);7H,2-6H2,1H3,(H,15,16,17);1,7H,2-5H3,(H,10,11);2-6,9H2,1H3;1-5,8H2,(H,9,10);1H;4*1H4/t14-;;7-;;;;;;;/m0.0......./s1.